The van der Waals surface area contributed by atoms with Crippen LogP contribution in [-0.2, 0) is 10.0 Å². The lowest BCUT2D eigenvalue weighted by Crippen LogP contribution is -2.29. The summed E-state index contributed by atoms with van der Waals surface area (Å²) in [6.07, 6.45) is 0.521. The smallest absolute Gasteiger partial charge is 0.242 e. The SMILES string of the molecule is O=S(=O)(NCC1=NN(c2ccc(Cl)cc2Cl)C(c2ccc(Cl)cc2)C1)c1csc2ccccc12. The first-order chi connectivity index (χ1) is 16.3. The maximum atomic E-state index is 13.1. The van der Waals surface area contributed by atoms with Gasteiger partial charge in [-0.2, -0.15) is 5.10 Å². The molecule has 4 aromatic rings. The summed E-state index contributed by atoms with van der Waals surface area (Å²) in [5.74, 6) is 0. The van der Waals surface area contributed by atoms with Gasteiger partial charge in [-0.1, -0.05) is 65.1 Å². The number of halogens is 3. The van der Waals surface area contributed by atoms with Crippen molar-refractivity contribution in [3.05, 3.63) is 92.7 Å². The number of hydrogen-bond acceptors (Lipinski definition) is 5. The summed E-state index contributed by atoms with van der Waals surface area (Å²) in [6, 6.07) is 20.0. The van der Waals surface area contributed by atoms with E-state index >= 15 is 0 Å². The lowest BCUT2D eigenvalue weighted by atomic mass is 10.0. The Balaban J connectivity index is 1.43. The van der Waals surface area contributed by atoms with E-state index in [-0.39, 0.29) is 17.5 Å². The Kier molecular flexibility index (Phi) is 6.59. The molecule has 174 valence electrons. The van der Waals surface area contributed by atoms with Crippen molar-refractivity contribution in [3.8, 4) is 0 Å². The molecule has 2 heterocycles. The van der Waals surface area contributed by atoms with Gasteiger partial charge in [0.2, 0.25) is 10.0 Å². The molecule has 0 saturated heterocycles. The number of anilines is 1. The summed E-state index contributed by atoms with van der Waals surface area (Å²) in [5, 5.41) is 10.5. The molecule has 1 aliphatic heterocycles. The van der Waals surface area contributed by atoms with E-state index in [0.717, 1.165) is 10.3 Å². The van der Waals surface area contributed by atoms with Crippen molar-refractivity contribution in [2.45, 2.75) is 17.4 Å². The summed E-state index contributed by atoms with van der Waals surface area (Å²) in [7, 11) is -3.71. The lowest BCUT2D eigenvalue weighted by Gasteiger charge is -2.25. The number of nitrogens with one attached hydrogen (secondary N) is 1. The van der Waals surface area contributed by atoms with Crippen LogP contribution in [0.5, 0.6) is 0 Å². The molecule has 1 unspecified atom stereocenters. The van der Waals surface area contributed by atoms with Crippen LogP contribution in [0.1, 0.15) is 18.0 Å². The molecule has 3 aromatic carbocycles. The van der Waals surface area contributed by atoms with Gasteiger partial charge < -0.3 is 0 Å². The Bertz CT molecular complexity index is 1500. The van der Waals surface area contributed by atoms with E-state index in [2.05, 4.69) is 4.72 Å². The van der Waals surface area contributed by atoms with Gasteiger partial charge in [-0.3, -0.25) is 5.01 Å². The molecule has 1 aliphatic rings. The number of benzene rings is 3. The van der Waals surface area contributed by atoms with E-state index in [0.29, 0.717) is 38.3 Å². The molecule has 10 heteroatoms. The number of nitrogens with zero attached hydrogens (tertiary/aromatic N) is 2. The van der Waals surface area contributed by atoms with Gasteiger partial charge in [-0.15, -0.1) is 11.3 Å². The molecule has 0 radical (unpaired) electrons. The average molecular weight is 551 g/mol. The molecule has 0 bridgehead atoms. The normalized spacial score (nSPS) is 16.3. The minimum Gasteiger partial charge on any atom is -0.256 e. The number of hydrogen-bond donors (Lipinski definition) is 1. The minimum atomic E-state index is -3.71. The molecule has 1 N–H and O–H groups in total. The summed E-state index contributed by atoms with van der Waals surface area (Å²) in [4.78, 5) is 0.276. The number of rotatable bonds is 6. The van der Waals surface area contributed by atoms with E-state index < -0.39 is 10.0 Å². The largest absolute Gasteiger partial charge is 0.256 e. The number of fused-ring (bicyclic) bond motifs is 1. The van der Waals surface area contributed by atoms with E-state index in [1.807, 2.05) is 59.6 Å². The minimum absolute atomic E-state index is 0.0817. The second-order valence-electron chi connectivity index (χ2n) is 7.80. The van der Waals surface area contributed by atoms with Gasteiger partial charge in [0, 0.05) is 31.9 Å². The number of sulfonamides is 1. The highest BCUT2D eigenvalue weighted by Crippen LogP contribution is 2.40. The van der Waals surface area contributed by atoms with Crippen molar-refractivity contribution < 1.29 is 8.42 Å². The molecule has 0 saturated carbocycles. The monoisotopic (exact) mass is 549 g/mol. The Morgan fingerprint density at radius 1 is 1.00 bits per heavy atom. The fourth-order valence-electron chi connectivity index (χ4n) is 3.93. The van der Waals surface area contributed by atoms with Crippen LogP contribution in [0.2, 0.25) is 15.1 Å². The molecule has 0 amide bonds. The average Bonchev–Trinajstić information content (AvgIpc) is 3.43. The van der Waals surface area contributed by atoms with E-state index in [9.17, 15) is 8.42 Å². The van der Waals surface area contributed by atoms with Crippen LogP contribution in [0.3, 0.4) is 0 Å². The molecule has 0 fully saturated rings. The van der Waals surface area contributed by atoms with Gasteiger partial charge in [0.15, 0.2) is 0 Å². The third-order valence-corrected chi connectivity index (χ3v) is 8.93. The maximum Gasteiger partial charge on any atom is 0.242 e. The van der Waals surface area contributed by atoms with Crippen molar-refractivity contribution in [1.82, 2.24) is 4.72 Å². The van der Waals surface area contributed by atoms with Crippen LogP contribution in [0.4, 0.5) is 5.69 Å². The van der Waals surface area contributed by atoms with Crippen molar-refractivity contribution >= 4 is 77.6 Å². The molecule has 0 aliphatic carbocycles. The highest BCUT2D eigenvalue weighted by Gasteiger charge is 2.31. The molecule has 5 rings (SSSR count). The zero-order valence-corrected chi connectivity index (χ0v) is 21.5. The Labute approximate surface area is 216 Å². The van der Waals surface area contributed by atoms with Crippen LogP contribution in [0.15, 0.2) is 82.1 Å². The fraction of sp³-hybridized carbons (Fsp3) is 0.125. The van der Waals surface area contributed by atoms with E-state index in [1.165, 1.54) is 11.3 Å². The number of hydrazone groups is 1. The summed E-state index contributed by atoms with van der Waals surface area (Å²) >= 11 is 20.0. The standard InChI is InChI=1S/C24H18Cl3N3O2S2/c25-16-7-5-15(6-8-16)22-12-18(29-30(22)21-10-9-17(26)11-20(21)27)13-28-34(31,32)24-14-33-23-4-2-1-3-19(23)24/h1-11,14,22,28H,12-13H2. The fourth-order valence-corrected chi connectivity index (χ4v) is 7.07. The molecule has 5 nitrogen and oxygen atoms in total. The summed E-state index contributed by atoms with van der Waals surface area (Å²) in [5.41, 5.74) is 2.36. The molecular formula is C24H18Cl3N3O2S2. The van der Waals surface area contributed by atoms with Gasteiger partial charge in [0.25, 0.3) is 0 Å². The van der Waals surface area contributed by atoms with Crippen LogP contribution in [0.25, 0.3) is 10.1 Å². The zero-order chi connectivity index (χ0) is 23.9. The number of thiophene rings is 1. The van der Waals surface area contributed by atoms with E-state index in [1.54, 1.807) is 17.5 Å². The molecule has 1 atom stereocenters. The quantitative estimate of drug-likeness (QED) is 0.277. The maximum absolute atomic E-state index is 13.1. The first-order valence-electron chi connectivity index (χ1n) is 10.3. The summed E-state index contributed by atoms with van der Waals surface area (Å²) in [6.45, 7) is 0.0817. The summed E-state index contributed by atoms with van der Waals surface area (Å²) < 4.78 is 29.8. The van der Waals surface area contributed by atoms with Crippen LogP contribution in [-0.4, -0.2) is 20.7 Å². The third-order valence-electron chi connectivity index (χ3n) is 5.59. The van der Waals surface area contributed by atoms with Crippen LogP contribution < -0.4 is 9.73 Å². The van der Waals surface area contributed by atoms with E-state index in [4.69, 9.17) is 39.9 Å². The second-order valence-corrected chi connectivity index (χ2v) is 11.7. The predicted octanol–water partition coefficient (Wildman–Crippen LogP) is 7.15. The Morgan fingerprint density at radius 2 is 1.74 bits per heavy atom. The highest BCUT2D eigenvalue weighted by molar-refractivity contribution is 7.90. The van der Waals surface area contributed by atoms with Crippen LogP contribution >= 0.6 is 46.1 Å². The molecule has 0 spiro atoms. The highest BCUT2D eigenvalue weighted by atomic mass is 35.5. The van der Waals surface area contributed by atoms with Crippen molar-refractivity contribution in [1.29, 1.82) is 0 Å². The Morgan fingerprint density at radius 3 is 2.50 bits per heavy atom. The van der Waals surface area contributed by atoms with Crippen molar-refractivity contribution in [2.75, 3.05) is 11.6 Å². The van der Waals surface area contributed by atoms with Gasteiger partial charge in [0.05, 0.1) is 29.0 Å². The van der Waals surface area contributed by atoms with Crippen LogP contribution in [0, 0.1) is 0 Å². The van der Waals surface area contributed by atoms with Gasteiger partial charge in [-0.25, -0.2) is 13.1 Å². The van der Waals surface area contributed by atoms with Gasteiger partial charge in [0.1, 0.15) is 4.90 Å². The third kappa shape index (κ3) is 4.69. The first-order valence-corrected chi connectivity index (χ1v) is 13.8. The zero-order valence-electron chi connectivity index (χ0n) is 17.6. The molecular weight excluding hydrogens is 533 g/mol. The van der Waals surface area contributed by atoms with Crippen molar-refractivity contribution in [2.24, 2.45) is 5.10 Å². The van der Waals surface area contributed by atoms with Gasteiger partial charge >= 0.3 is 0 Å². The second kappa shape index (κ2) is 9.49. The molecule has 34 heavy (non-hydrogen) atoms. The topological polar surface area (TPSA) is 61.8 Å². The van der Waals surface area contributed by atoms with Crippen molar-refractivity contribution in [3.63, 3.8) is 0 Å². The lowest BCUT2D eigenvalue weighted by molar-refractivity contribution is 0.587. The predicted molar refractivity (Wildman–Crippen MR) is 142 cm³/mol. The Hall–Kier alpha value is -2.13. The first kappa shape index (κ1) is 23.6. The molecule has 1 aromatic heterocycles. The van der Waals surface area contributed by atoms with Gasteiger partial charge in [-0.05, 0) is 42.0 Å².